The Bertz CT molecular complexity index is 584. The fourth-order valence-electron chi connectivity index (χ4n) is 2.75. The predicted octanol–water partition coefficient (Wildman–Crippen LogP) is 4.26. The molecule has 0 aliphatic carbocycles. The van der Waals surface area contributed by atoms with E-state index in [2.05, 4.69) is 0 Å². The first-order chi connectivity index (χ1) is 12.7. The molecule has 0 spiro atoms. The number of rotatable bonds is 12. The molecule has 1 aromatic rings. The summed E-state index contributed by atoms with van der Waals surface area (Å²) in [4.78, 5) is 22.6. The molecule has 0 atom stereocenters. The van der Waals surface area contributed by atoms with Crippen molar-refractivity contribution in [3.05, 3.63) is 23.8 Å². The van der Waals surface area contributed by atoms with Crippen LogP contribution in [0, 0.1) is 0 Å². The molecule has 1 aliphatic rings. The Hall–Kier alpha value is -2.24. The Labute approximate surface area is 154 Å². The van der Waals surface area contributed by atoms with Crippen LogP contribution >= 0.6 is 0 Å². The fraction of sp³-hybridized carbons (Fsp3) is 0.600. The van der Waals surface area contributed by atoms with Crippen LogP contribution in [0.4, 0.5) is 0 Å². The summed E-state index contributed by atoms with van der Waals surface area (Å²) in [6.45, 7) is 2.60. The molecule has 0 amide bonds. The van der Waals surface area contributed by atoms with Gasteiger partial charge in [-0.25, -0.2) is 4.79 Å². The zero-order valence-corrected chi connectivity index (χ0v) is 15.5. The van der Waals surface area contributed by atoms with Crippen LogP contribution in [0.1, 0.15) is 68.6 Å². The SMILES string of the molecule is CC(=O)OCCCCCCCCCCOC(=O)c1ccc2c(c1)OCO2. The van der Waals surface area contributed by atoms with Gasteiger partial charge in [0.25, 0.3) is 0 Å². The van der Waals surface area contributed by atoms with Gasteiger partial charge in [-0.2, -0.15) is 0 Å². The molecule has 0 fully saturated rings. The molecule has 6 nitrogen and oxygen atoms in total. The van der Waals surface area contributed by atoms with Crippen molar-refractivity contribution in [1.82, 2.24) is 0 Å². The van der Waals surface area contributed by atoms with E-state index >= 15 is 0 Å². The average molecular weight is 364 g/mol. The van der Waals surface area contributed by atoms with Gasteiger partial charge in [-0.05, 0) is 31.0 Å². The van der Waals surface area contributed by atoms with Gasteiger partial charge in [0, 0.05) is 6.92 Å². The number of ether oxygens (including phenoxy) is 4. The molecular formula is C20H28O6. The third-order valence-corrected chi connectivity index (χ3v) is 4.19. The number of hydrogen-bond acceptors (Lipinski definition) is 6. The molecule has 0 N–H and O–H groups in total. The number of benzene rings is 1. The molecule has 0 unspecified atom stereocenters. The molecule has 26 heavy (non-hydrogen) atoms. The van der Waals surface area contributed by atoms with E-state index in [0.29, 0.717) is 30.3 Å². The highest BCUT2D eigenvalue weighted by atomic mass is 16.7. The number of carbonyl (C=O) groups excluding carboxylic acids is 2. The van der Waals surface area contributed by atoms with E-state index in [-0.39, 0.29) is 18.7 Å². The average Bonchev–Trinajstić information content (AvgIpc) is 3.09. The Morgan fingerprint density at radius 3 is 2.08 bits per heavy atom. The number of carbonyl (C=O) groups is 2. The van der Waals surface area contributed by atoms with Crippen molar-refractivity contribution >= 4 is 11.9 Å². The number of esters is 2. The second-order valence-electron chi connectivity index (χ2n) is 6.37. The molecule has 6 heteroatoms. The van der Waals surface area contributed by atoms with Crippen molar-refractivity contribution in [2.75, 3.05) is 20.0 Å². The molecule has 1 aromatic carbocycles. The largest absolute Gasteiger partial charge is 0.466 e. The summed E-state index contributed by atoms with van der Waals surface area (Å²) >= 11 is 0. The molecule has 0 saturated carbocycles. The first-order valence-electron chi connectivity index (χ1n) is 9.37. The van der Waals surface area contributed by atoms with E-state index in [9.17, 15) is 9.59 Å². The number of unbranched alkanes of at least 4 members (excludes halogenated alkanes) is 7. The van der Waals surface area contributed by atoms with E-state index in [1.165, 1.54) is 26.2 Å². The first-order valence-corrected chi connectivity index (χ1v) is 9.37. The molecule has 0 saturated heterocycles. The Morgan fingerprint density at radius 2 is 1.42 bits per heavy atom. The topological polar surface area (TPSA) is 71.1 Å². The van der Waals surface area contributed by atoms with Gasteiger partial charge in [-0.3, -0.25) is 4.79 Å². The minimum atomic E-state index is -0.323. The lowest BCUT2D eigenvalue weighted by Crippen LogP contribution is -2.06. The Kier molecular flexibility index (Phi) is 8.79. The van der Waals surface area contributed by atoms with Crippen LogP contribution in [-0.2, 0) is 14.3 Å². The third-order valence-electron chi connectivity index (χ3n) is 4.19. The highest BCUT2D eigenvalue weighted by Gasteiger charge is 2.16. The zero-order chi connectivity index (χ0) is 18.6. The van der Waals surface area contributed by atoms with Gasteiger partial charge in [0.2, 0.25) is 6.79 Å². The molecule has 0 aromatic heterocycles. The van der Waals surface area contributed by atoms with Crippen LogP contribution in [0.15, 0.2) is 18.2 Å². The normalized spacial score (nSPS) is 12.0. The van der Waals surface area contributed by atoms with E-state index in [4.69, 9.17) is 18.9 Å². The number of hydrogen-bond donors (Lipinski definition) is 0. The second-order valence-corrected chi connectivity index (χ2v) is 6.37. The summed E-state index contributed by atoms with van der Waals surface area (Å²) in [5.74, 6) is 0.723. The standard InChI is InChI=1S/C20H28O6/c1-16(21)23-12-8-6-4-2-3-5-7-9-13-24-20(22)17-10-11-18-19(14-17)26-15-25-18/h10-11,14H,2-9,12-13,15H2,1H3. The predicted molar refractivity (Wildman–Crippen MR) is 96.4 cm³/mol. The van der Waals surface area contributed by atoms with Gasteiger partial charge in [0.15, 0.2) is 11.5 Å². The first kappa shape index (κ1) is 20.1. The minimum Gasteiger partial charge on any atom is -0.466 e. The van der Waals surface area contributed by atoms with Crippen molar-refractivity contribution < 1.29 is 28.5 Å². The Morgan fingerprint density at radius 1 is 0.846 bits per heavy atom. The maximum absolute atomic E-state index is 12.0. The Balaban J connectivity index is 1.43. The summed E-state index contributed by atoms with van der Waals surface area (Å²) in [5, 5.41) is 0. The van der Waals surface area contributed by atoms with Crippen molar-refractivity contribution in [1.29, 1.82) is 0 Å². The van der Waals surface area contributed by atoms with Crippen LogP contribution in [0.5, 0.6) is 11.5 Å². The molecular weight excluding hydrogens is 336 g/mol. The van der Waals surface area contributed by atoms with Crippen LogP contribution < -0.4 is 9.47 Å². The summed E-state index contributed by atoms with van der Waals surface area (Å²) in [6, 6.07) is 5.08. The quantitative estimate of drug-likeness (QED) is 0.408. The summed E-state index contributed by atoms with van der Waals surface area (Å²) < 4.78 is 20.7. The number of fused-ring (bicyclic) bond motifs is 1. The lowest BCUT2D eigenvalue weighted by Gasteiger charge is -2.06. The lowest BCUT2D eigenvalue weighted by atomic mass is 10.1. The van der Waals surface area contributed by atoms with Crippen molar-refractivity contribution in [3.63, 3.8) is 0 Å². The zero-order valence-electron chi connectivity index (χ0n) is 15.5. The van der Waals surface area contributed by atoms with E-state index in [1.54, 1.807) is 18.2 Å². The maximum atomic E-state index is 12.0. The summed E-state index contributed by atoms with van der Waals surface area (Å²) in [7, 11) is 0. The fourth-order valence-corrected chi connectivity index (χ4v) is 2.75. The van der Waals surface area contributed by atoms with Gasteiger partial charge in [-0.1, -0.05) is 38.5 Å². The summed E-state index contributed by atoms with van der Waals surface area (Å²) in [5.41, 5.74) is 0.489. The third kappa shape index (κ3) is 7.33. The van der Waals surface area contributed by atoms with Gasteiger partial charge < -0.3 is 18.9 Å². The van der Waals surface area contributed by atoms with Crippen LogP contribution in [0.25, 0.3) is 0 Å². The van der Waals surface area contributed by atoms with Gasteiger partial charge in [-0.15, -0.1) is 0 Å². The van der Waals surface area contributed by atoms with Crippen LogP contribution in [0.2, 0.25) is 0 Å². The lowest BCUT2D eigenvalue weighted by molar-refractivity contribution is -0.141. The highest BCUT2D eigenvalue weighted by molar-refractivity contribution is 5.90. The van der Waals surface area contributed by atoms with Crippen molar-refractivity contribution in [2.24, 2.45) is 0 Å². The van der Waals surface area contributed by atoms with Crippen LogP contribution in [0.3, 0.4) is 0 Å². The molecule has 1 aliphatic heterocycles. The monoisotopic (exact) mass is 364 g/mol. The smallest absolute Gasteiger partial charge is 0.338 e. The molecule has 2 rings (SSSR count). The molecule has 1 heterocycles. The van der Waals surface area contributed by atoms with Crippen molar-refractivity contribution in [2.45, 2.75) is 58.3 Å². The summed E-state index contributed by atoms with van der Waals surface area (Å²) in [6.07, 6.45) is 8.66. The second kappa shape index (κ2) is 11.4. The van der Waals surface area contributed by atoms with Crippen molar-refractivity contribution in [3.8, 4) is 11.5 Å². The maximum Gasteiger partial charge on any atom is 0.338 e. The van der Waals surface area contributed by atoms with E-state index in [0.717, 1.165) is 32.1 Å². The van der Waals surface area contributed by atoms with E-state index < -0.39 is 0 Å². The molecule has 144 valence electrons. The van der Waals surface area contributed by atoms with Gasteiger partial charge in [0.1, 0.15) is 0 Å². The van der Waals surface area contributed by atoms with Gasteiger partial charge in [0.05, 0.1) is 18.8 Å². The van der Waals surface area contributed by atoms with Crippen LogP contribution in [-0.4, -0.2) is 31.9 Å². The molecule has 0 radical (unpaired) electrons. The van der Waals surface area contributed by atoms with Gasteiger partial charge >= 0.3 is 11.9 Å². The van der Waals surface area contributed by atoms with E-state index in [1.807, 2.05) is 0 Å². The molecule has 0 bridgehead atoms. The minimum absolute atomic E-state index is 0.194. The highest BCUT2D eigenvalue weighted by Crippen LogP contribution is 2.32.